The molecule has 0 radical (unpaired) electrons. The van der Waals surface area contributed by atoms with Crippen molar-refractivity contribution in [1.82, 2.24) is 0 Å². The number of hydrogen-bond acceptors (Lipinski definition) is 2. The minimum Gasteiger partial charge on any atom is -0.330 e. The largest absolute Gasteiger partial charge is 0.330 e. The van der Waals surface area contributed by atoms with Gasteiger partial charge in [0.15, 0.2) is 0 Å². The molecule has 0 spiro atoms. The Bertz CT molecular complexity index is 626. The Morgan fingerprint density at radius 1 is 1.25 bits per heavy atom. The molecule has 0 aliphatic carbocycles. The highest BCUT2D eigenvalue weighted by molar-refractivity contribution is 6.34. The first kappa shape index (κ1) is 14.6. The third kappa shape index (κ3) is 3.38. The third-order valence-electron chi connectivity index (χ3n) is 3.05. The Hall–Kier alpha value is -1.84. The third-order valence-corrected chi connectivity index (χ3v) is 3.38. The van der Waals surface area contributed by atoms with Gasteiger partial charge in [0.05, 0.1) is 10.7 Å². The molecule has 0 fully saturated rings. The molecule has 0 aromatic heterocycles. The lowest BCUT2D eigenvalue weighted by atomic mass is 10.0. The minimum atomic E-state index is -0.165. The number of anilines is 1. The summed E-state index contributed by atoms with van der Waals surface area (Å²) in [5.74, 6) is -0.165. The van der Waals surface area contributed by atoms with Crippen LogP contribution in [0.4, 0.5) is 5.69 Å². The highest BCUT2D eigenvalue weighted by Gasteiger charge is 2.12. The number of rotatable bonds is 4. The average molecular weight is 289 g/mol. The van der Waals surface area contributed by atoms with Gasteiger partial charge in [-0.2, -0.15) is 0 Å². The van der Waals surface area contributed by atoms with Crippen molar-refractivity contribution in [2.75, 3.05) is 11.9 Å². The zero-order chi connectivity index (χ0) is 14.5. The number of benzene rings is 2. The van der Waals surface area contributed by atoms with Crippen LogP contribution in [-0.4, -0.2) is 12.5 Å². The van der Waals surface area contributed by atoms with Crippen LogP contribution < -0.4 is 11.1 Å². The van der Waals surface area contributed by atoms with Crippen LogP contribution in [0.3, 0.4) is 0 Å². The maximum atomic E-state index is 12.4. The van der Waals surface area contributed by atoms with Crippen LogP contribution in [0.25, 0.3) is 0 Å². The van der Waals surface area contributed by atoms with Gasteiger partial charge >= 0.3 is 0 Å². The molecule has 2 rings (SSSR count). The Morgan fingerprint density at radius 2 is 2.00 bits per heavy atom. The maximum Gasteiger partial charge on any atom is 0.255 e. The van der Waals surface area contributed by atoms with E-state index < -0.39 is 0 Å². The SMILES string of the molecule is Cc1ccc(Cl)c(NC(=O)c2ccccc2CCN)c1. The minimum absolute atomic E-state index is 0.165. The van der Waals surface area contributed by atoms with Crippen molar-refractivity contribution in [3.63, 3.8) is 0 Å². The summed E-state index contributed by atoms with van der Waals surface area (Å²) < 4.78 is 0. The first-order valence-corrected chi connectivity index (χ1v) is 6.85. The van der Waals surface area contributed by atoms with E-state index in [1.807, 2.05) is 37.3 Å². The van der Waals surface area contributed by atoms with Crippen molar-refractivity contribution in [2.24, 2.45) is 5.73 Å². The molecule has 0 aliphatic rings. The molecule has 0 heterocycles. The van der Waals surface area contributed by atoms with E-state index in [0.29, 0.717) is 29.2 Å². The number of carbonyl (C=O) groups excluding carboxylic acids is 1. The summed E-state index contributed by atoms with van der Waals surface area (Å²) in [6.07, 6.45) is 0.672. The summed E-state index contributed by atoms with van der Waals surface area (Å²) in [5, 5.41) is 3.38. The zero-order valence-electron chi connectivity index (χ0n) is 11.3. The van der Waals surface area contributed by atoms with E-state index in [9.17, 15) is 4.79 Å². The lowest BCUT2D eigenvalue weighted by Crippen LogP contribution is -2.16. The van der Waals surface area contributed by atoms with Gasteiger partial charge in [-0.05, 0) is 49.2 Å². The molecule has 1 amide bonds. The zero-order valence-corrected chi connectivity index (χ0v) is 12.1. The normalized spacial score (nSPS) is 10.3. The van der Waals surface area contributed by atoms with Gasteiger partial charge in [-0.15, -0.1) is 0 Å². The summed E-state index contributed by atoms with van der Waals surface area (Å²) in [4.78, 5) is 12.4. The van der Waals surface area contributed by atoms with Crippen molar-refractivity contribution in [1.29, 1.82) is 0 Å². The topological polar surface area (TPSA) is 55.1 Å². The molecule has 0 aliphatic heterocycles. The Morgan fingerprint density at radius 3 is 2.75 bits per heavy atom. The number of aryl methyl sites for hydroxylation is 1. The van der Waals surface area contributed by atoms with Crippen LogP contribution in [0.1, 0.15) is 21.5 Å². The Balaban J connectivity index is 2.26. The summed E-state index contributed by atoms with van der Waals surface area (Å²) in [6.45, 7) is 2.46. The van der Waals surface area contributed by atoms with Crippen LogP contribution >= 0.6 is 11.6 Å². The van der Waals surface area contributed by atoms with Gasteiger partial charge in [-0.1, -0.05) is 35.9 Å². The molecule has 0 bridgehead atoms. The Kier molecular flexibility index (Phi) is 4.77. The van der Waals surface area contributed by atoms with E-state index in [0.717, 1.165) is 11.1 Å². The average Bonchev–Trinajstić information content (AvgIpc) is 2.44. The van der Waals surface area contributed by atoms with E-state index in [1.54, 1.807) is 12.1 Å². The summed E-state index contributed by atoms with van der Waals surface area (Å²) >= 11 is 6.09. The smallest absolute Gasteiger partial charge is 0.255 e. The van der Waals surface area contributed by atoms with Crippen molar-refractivity contribution >= 4 is 23.2 Å². The monoisotopic (exact) mass is 288 g/mol. The van der Waals surface area contributed by atoms with Gasteiger partial charge in [0.1, 0.15) is 0 Å². The quantitative estimate of drug-likeness (QED) is 0.906. The molecule has 3 nitrogen and oxygen atoms in total. The van der Waals surface area contributed by atoms with Crippen molar-refractivity contribution in [3.05, 3.63) is 64.2 Å². The first-order valence-electron chi connectivity index (χ1n) is 6.47. The number of carbonyl (C=O) groups is 1. The van der Waals surface area contributed by atoms with Gasteiger partial charge in [-0.25, -0.2) is 0 Å². The van der Waals surface area contributed by atoms with Crippen LogP contribution in [-0.2, 0) is 6.42 Å². The Labute approximate surface area is 123 Å². The van der Waals surface area contributed by atoms with Crippen LogP contribution in [0.2, 0.25) is 5.02 Å². The fourth-order valence-corrected chi connectivity index (χ4v) is 2.20. The predicted octanol–water partition coefficient (Wildman–Crippen LogP) is 3.40. The van der Waals surface area contributed by atoms with Crippen LogP contribution in [0, 0.1) is 6.92 Å². The van der Waals surface area contributed by atoms with Crippen molar-refractivity contribution in [3.8, 4) is 0 Å². The molecular weight excluding hydrogens is 272 g/mol. The second-order valence-electron chi connectivity index (χ2n) is 4.63. The van der Waals surface area contributed by atoms with Crippen LogP contribution in [0.15, 0.2) is 42.5 Å². The second kappa shape index (κ2) is 6.55. The number of nitrogens with one attached hydrogen (secondary N) is 1. The molecule has 2 aromatic carbocycles. The molecule has 3 N–H and O–H groups in total. The van der Waals surface area contributed by atoms with Crippen LogP contribution in [0.5, 0.6) is 0 Å². The van der Waals surface area contributed by atoms with Gasteiger partial charge < -0.3 is 11.1 Å². The molecule has 20 heavy (non-hydrogen) atoms. The number of hydrogen-bond donors (Lipinski definition) is 2. The van der Waals surface area contributed by atoms with Crippen molar-refractivity contribution in [2.45, 2.75) is 13.3 Å². The van der Waals surface area contributed by atoms with Gasteiger partial charge in [0.25, 0.3) is 5.91 Å². The molecule has 0 atom stereocenters. The second-order valence-corrected chi connectivity index (χ2v) is 5.04. The number of halogens is 1. The molecule has 0 saturated carbocycles. The fraction of sp³-hybridized carbons (Fsp3) is 0.188. The fourth-order valence-electron chi connectivity index (χ4n) is 2.04. The molecule has 0 unspecified atom stereocenters. The van der Waals surface area contributed by atoms with E-state index in [4.69, 9.17) is 17.3 Å². The van der Waals surface area contributed by atoms with E-state index in [2.05, 4.69) is 5.32 Å². The first-order chi connectivity index (χ1) is 9.61. The summed E-state index contributed by atoms with van der Waals surface area (Å²) in [5.41, 5.74) is 8.81. The molecule has 4 heteroatoms. The highest BCUT2D eigenvalue weighted by atomic mass is 35.5. The van der Waals surface area contributed by atoms with E-state index >= 15 is 0 Å². The molecule has 2 aromatic rings. The summed E-state index contributed by atoms with van der Waals surface area (Å²) in [7, 11) is 0. The lowest BCUT2D eigenvalue weighted by molar-refractivity contribution is 0.102. The molecular formula is C16H17ClN2O. The predicted molar refractivity (Wildman–Crippen MR) is 83.3 cm³/mol. The van der Waals surface area contributed by atoms with E-state index in [-0.39, 0.29) is 5.91 Å². The van der Waals surface area contributed by atoms with Gasteiger partial charge in [0.2, 0.25) is 0 Å². The molecule has 104 valence electrons. The van der Waals surface area contributed by atoms with E-state index in [1.165, 1.54) is 0 Å². The number of nitrogens with two attached hydrogens (primary N) is 1. The molecule has 0 saturated heterocycles. The lowest BCUT2D eigenvalue weighted by Gasteiger charge is -2.11. The highest BCUT2D eigenvalue weighted by Crippen LogP contribution is 2.23. The van der Waals surface area contributed by atoms with Gasteiger partial charge in [-0.3, -0.25) is 4.79 Å². The summed E-state index contributed by atoms with van der Waals surface area (Å²) in [6, 6.07) is 13.0. The van der Waals surface area contributed by atoms with Crippen molar-refractivity contribution < 1.29 is 4.79 Å². The maximum absolute atomic E-state index is 12.4. The standard InChI is InChI=1S/C16H17ClN2O/c1-11-6-7-14(17)15(10-11)19-16(20)13-5-3-2-4-12(13)8-9-18/h2-7,10H,8-9,18H2,1H3,(H,19,20). The van der Waals surface area contributed by atoms with Gasteiger partial charge in [0, 0.05) is 5.56 Å². The number of amides is 1.